The third-order valence-corrected chi connectivity index (χ3v) is 9.38. The molecule has 0 spiro atoms. The summed E-state index contributed by atoms with van der Waals surface area (Å²) in [5.74, 6) is -0.636. The summed E-state index contributed by atoms with van der Waals surface area (Å²) in [7, 11) is 0. The lowest BCUT2D eigenvalue weighted by molar-refractivity contribution is -0.302. The van der Waals surface area contributed by atoms with Gasteiger partial charge in [-0.2, -0.15) is 0 Å². The third-order valence-electron chi connectivity index (χ3n) is 9.38. The van der Waals surface area contributed by atoms with Crippen LogP contribution in [0.2, 0.25) is 0 Å². The number of hydrogen-bond acceptors (Lipinski definition) is 9. The molecule has 0 saturated carbocycles. The van der Waals surface area contributed by atoms with Crippen LogP contribution in [-0.2, 0) is 14.3 Å². The van der Waals surface area contributed by atoms with E-state index in [4.69, 9.17) is 9.47 Å². The van der Waals surface area contributed by atoms with Crippen LogP contribution in [0.15, 0.2) is 24.3 Å². The minimum Gasteiger partial charge on any atom is -0.394 e. The molecule has 0 aliphatic carbocycles. The highest BCUT2D eigenvalue weighted by Gasteiger charge is 2.44. The maximum atomic E-state index is 12.9. The van der Waals surface area contributed by atoms with Gasteiger partial charge in [-0.25, -0.2) is 0 Å². The van der Waals surface area contributed by atoms with Crippen LogP contribution in [0.25, 0.3) is 0 Å². The first kappa shape index (κ1) is 45.7. The maximum Gasteiger partial charge on any atom is 0.249 e. The molecule has 1 rings (SSSR count). The van der Waals surface area contributed by atoms with Crippen LogP contribution in [0.4, 0.5) is 0 Å². The van der Waals surface area contributed by atoms with E-state index in [0.717, 1.165) is 38.5 Å². The highest BCUT2D eigenvalue weighted by molar-refractivity contribution is 5.80. The van der Waals surface area contributed by atoms with Gasteiger partial charge >= 0.3 is 0 Å². The molecule has 1 aliphatic heterocycles. The summed E-state index contributed by atoms with van der Waals surface area (Å²) >= 11 is 0. The minimum atomic E-state index is -1.61. The molecular weight excluding hydrogens is 626 g/mol. The molecule has 1 amide bonds. The molecule has 10 nitrogen and oxygen atoms in total. The summed E-state index contributed by atoms with van der Waals surface area (Å²) < 4.78 is 11.1. The number of aliphatic hydroxyl groups is 6. The van der Waals surface area contributed by atoms with Crippen molar-refractivity contribution in [2.24, 2.45) is 0 Å². The lowest BCUT2D eigenvalue weighted by Crippen LogP contribution is -2.60. The quantitative estimate of drug-likeness (QED) is 0.0352. The Morgan fingerprint density at radius 1 is 0.694 bits per heavy atom. The van der Waals surface area contributed by atoms with Crippen LogP contribution in [0.5, 0.6) is 0 Å². The Balaban J connectivity index is 2.55. The fourth-order valence-corrected chi connectivity index (χ4v) is 6.04. The summed E-state index contributed by atoms with van der Waals surface area (Å²) in [5.41, 5.74) is 0. The van der Waals surface area contributed by atoms with E-state index in [1.54, 1.807) is 6.08 Å². The summed E-state index contributed by atoms with van der Waals surface area (Å²) in [6.45, 7) is 3.54. The molecule has 1 heterocycles. The Hall–Kier alpha value is -1.37. The van der Waals surface area contributed by atoms with Gasteiger partial charge in [0.1, 0.15) is 30.5 Å². The van der Waals surface area contributed by atoms with Crippen molar-refractivity contribution in [1.29, 1.82) is 0 Å². The lowest BCUT2D eigenvalue weighted by Gasteiger charge is -2.40. The molecule has 1 saturated heterocycles. The summed E-state index contributed by atoms with van der Waals surface area (Å²) in [6, 6.07) is -0.983. The number of aliphatic hydroxyl groups excluding tert-OH is 6. The zero-order valence-electron chi connectivity index (χ0n) is 30.8. The second-order valence-corrected chi connectivity index (χ2v) is 13.9. The fourth-order valence-electron chi connectivity index (χ4n) is 6.04. The lowest BCUT2D eigenvalue weighted by atomic mass is 9.99. The number of amides is 1. The Bertz CT molecular complexity index is 839. The Morgan fingerprint density at radius 3 is 1.71 bits per heavy atom. The molecule has 8 atom stereocenters. The van der Waals surface area contributed by atoms with Crippen LogP contribution in [0, 0.1) is 0 Å². The molecule has 288 valence electrons. The van der Waals surface area contributed by atoms with Gasteiger partial charge in [-0.05, 0) is 44.9 Å². The van der Waals surface area contributed by atoms with Crippen LogP contribution >= 0.6 is 0 Å². The predicted octanol–water partition coefficient (Wildman–Crippen LogP) is 5.74. The monoisotopic (exact) mass is 700 g/mol. The van der Waals surface area contributed by atoms with Crippen molar-refractivity contribution in [2.45, 2.75) is 204 Å². The zero-order chi connectivity index (χ0) is 36.1. The first-order valence-corrected chi connectivity index (χ1v) is 19.7. The van der Waals surface area contributed by atoms with Gasteiger partial charge in [0.15, 0.2) is 6.29 Å². The van der Waals surface area contributed by atoms with Crippen molar-refractivity contribution in [3.8, 4) is 0 Å². The Morgan fingerprint density at radius 2 is 1.18 bits per heavy atom. The van der Waals surface area contributed by atoms with Crippen molar-refractivity contribution in [2.75, 3.05) is 13.2 Å². The Kier molecular flexibility index (Phi) is 28.2. The highest BCUT2D eigenvalue weighted by Crippen LogP contribution is 2.22. The second-order valence-electron chi connectivity index (χ2n) is 13.9. The standard InChI is InChI=1S/C39H73NO9/c1-3-5-7-9-11-13-15-17-19-21-23-25-27-32(42)31(30-48-39-37(46)36(45)35(44)34(29-41)49-39)40-38(47)33(43)28-26-24-22-20-18-16-14-12-10-8-6-4-2/h18,20,25,27,31-37,39,41-46H,3-17,19,21-24,26,28-30H2,1-2H3,(H,40,47)/b20-18-,27-25+. The number of ether oxygens (including phenoxy) is 2. The number of carbonyl (C=O) groups excluding carboxylic acids is 1. The number of unbranched alkanes of at least 4 members (excludes halogenated alkanes) is 18. The minimum absolute atomic E-state index is 0.280. The number of hydrogen-bond donors (Lipinski definition) is 7. The molecule has 0 bridgehead atoms. The molecule has 0 radical (unpaired) electrons. The van der Waals surface area contributed by atoms with E-state index in [-0.39, 0.29) is 13.0 Å². The molecule has 10 heteroatoms. The van der Waals surface area contributed by atoms with E-state index in [2.05, 4.69) is 31.3 Å². The predicted molar refractivity (Wildman–Crippen MR) is 195 cm³/mol. The van der Waals surface area contributed by atoms with Gasteiger partial charge in [-0.1, -0.05) is 134 Å². The van der Waals surface area contributed by atoms with Gasteiger partial charge in [0.2, 0.25) is 5.91 Å². The van der Waals surface area contributed by atoms with E-state index in [1.165, 1.54) is 89.9 Å². The molecule has 0 aromatic heterocycles. The first-order chi connectivity index (χ1) is 23.8. The average Bonchev–Trinajstić information content (AvgIpc) is 3.10. The molecule has 49 heavy (non-hydrogen) atoms. The van der Waals surface area contributed by atoms with E-state index in [9.17, 15) is 35.4 Å². The SMILES string of the molecule is CCCCCCCC/C=C\CCCCC(O)C(=O)NC(COC1OC(CO)C(O)C(O)C1O)C(O)/C=C/CCCCCCCCCCCC. The van der Waals surface area contributed by atoms with Gasteiger partial charge in [0.25, 0.3) is 0 Å². The van der Waals surface area contributed by atoms with Gasteiger partial charge < -0.3 is 45.4 Å². The molecule has 1 aliphatic rings. The van der Waals surface area contributed by atoms with E-state index >= 15 is 0 Å². The maximum absolute atomic E-state index is 12.9. The summed E-state index contributed by atoms with van der Waals surface area (Å²) in [5, 5.41) is 64.2. The molecular formula is C39H73NO9. The molecule has 1 fully saturated rings. The highest BCUT2D eigenvalue weighted by atomic mass is 16.7. The second kappa shape index (κ2) is 30.3. The van der Waals surface area contributed by atoms with Gasteiger partial charge in [0, 0.05) is 0 Å². The number of nitrogens with one attached hydrogen (secondary N) is 1. The summed E-state index contributed by atoms with van der Waals surface area (Å²) in [6.07, 6.45) is 22.7. The van der Waals surface area contributed by atoms with Crippen LogP contribution in [-0.4, -0.2) is 98.7 Å². The van der Waals surface area contributed by atoms with E-state index in [1.807, 2.05) is 6.08 Å². The van der Waals surface area contributed by atoms with E-state index in [0.29, 0.717) is 6.42 Å². The van der Waals surface area contributed by atoms with Crippen molar-refractivity contribution < 1.29 is 44.9 Å². The largest absolute Gasteiger partial charge is 0.394 e. The fraction of sp³-hybridized carbons (Fsp3) is 0.872. The van der Waals surface area contributed by atoms with Crippen LogP contribution in [0.3, 0.4) is 0 Å². The number of allylic oxidation sites excluding steroid dienone is 3. The van der Waals surface area contributed by atoms with Gasteiger partial charge in [0.05, 0.1) is 25.4 Å². The molecule has 8 unspecified atom stereocenters. The molecule has 0 aromatic rings. The normalized spacial score (nSPS) is 23.3. The van der Waals surface area contributed by atoms with Gasteiger partial charge in [-0.15, -0.1) is 0 Å². The molecule has 0 aromatic carbocycles. The van der Waals surface area contributed by atoms with Crippen LogP contribution in [0.1, 0.15) is 155 Å². The molecule has 7 N–H and O–H groups in total. The van der Waals surface area contributed by atoms with Crippen molar-refractivity contribution >= 4 is 5.91 Å². The van der Waals surface area contributed by atoms with Crippen LogP contribution < -0.4 is 5.32 Å². The van der Waals surface area contributed by atoms with Crippen molar-refractivity contribution in [3.63, 3.8) is 0 Å². The summed E-state index contributed by atoms with van der Waals surface area (Å²) in [4.78, 5) is 12.9. The van der Waals surface area contributed by atoms with Crippen molar-refractivity contribution in [3.05, 3.63) is 24.3 Å². The zero-order valence-corrected chi connectivity index (χ0v) is 30.8. The Labute approximate surface area is 297 Å². The number of carbonyl (C=O) groups is 1. The average molecular weight is 700 g/mol. The first-order valence-electron chi connectivity index (χ1n) is 19.7. The van der Waals surface area contributed by atoms with E-state index < -0.39 is 61.5 Å². The number of rotatable bonds is 31. The van der Waals surface area contributed by atoms with Crippen molar-refractivity contribution in [1.82, 2.24) is 5.32 Å². The topological polar surface area (TPSA) is 169 Å². The smallest absolute Gasteiger partial charge is 0.249 e. The third kappa shape index (κ3) is 21.6. The van der Waals surface area contributed by atoms with Gasteiger partial charge in [-0.3, -0.25) is 4.79 Å².